The lowest BCUT2D eigenvalue weighted by atomic mass is 10.0. The minimum Gasteiger partial charge on any atom is -0.478 e. The van der Waals surface area contributed by atoms with Crippen LogP contribution in [0.15, 0.2) is 71.6 Å². The van der Waals surface area contributed by atoms with Crippen molar-refractivity contribution in [2.45, 2.75) is 17.5 Å². The molecular formula is C22H17ClF2N2O5S. The fourth-order valence-electron chi connectivity index (χ4n) is 3.16. The number of primary amides is 1. The van der Waals surface area contributed by atoms with Crippen molar-refractivity contribution in [1.29, 1.82) is 0 Å². The molecule has 11 heteroatoms. The Morgan fingerprint density at radius 2 is 1.61 bits per heavy atom. The van der Waals surface area contributed by atoms with Gasteiger partial charge in [-0.25, -0.2) is 22.0 Å². The van der Waals surface area contributed by atoms with Crippen molar-refractivity contribution in [1.82, 2.24) is 4.31 Å². The first-order valence-corrected chi connectivity index (χ1v) is 11.2. The van der Waals surface area contributed by atoms with Crippen LogP contribution < -0.4 is 5.73 Å². The molecule has 3 rings (SSSR count). The molecular weight excluding hydrogens is 478 g/mol. The number of carbonyl (C=O) groups excluding carboxylic acids is 1. The number of benzene rings is 3. The smallest absolute Gasteiger partial charge is 0.335 e. The number of sulfonamides is 1. The Balaban J connectivity index is 2.16. The Morgan fingerprint density at radius 3 is 2.12 bits per heavy atom. The zero-order valence-corrected chi connectivity index (χ0v) is 18.4. The van der Waals surface area contributed by atoms with E-state index in [0.29, 0.717) is 15.9 Å². The Labute approximate surface area is 193 Å². The second-order valence-corrected chi connectivity index (χ2v) is 9.30. The first kappa shape index (κ1) is 24.3. The van der Waals surface area contributed by atoms with Gasteiger partial charge in [0.15, 0.2) is 0 Å². The molecule has 1 unspecified atom stereocenters. The molecule has 3 N–H and O–H groups in total. The SMILES string of the molecule is NC(=O)C(c1ccc(F)cc1F)N(Cc1ccc(C(=O)O)cc1)S(=O)(=O)c1ccc(Cl)cc1. The van der Waals surface area contributed by atoms with Gasteiger partial charge in [0.25, 0.3) is 0 Å². The van der Waals surface area contributed by atoms with Gasteiger partial charge in [-0.2, -0.15) is 4.31 Å². The fourth-order valence-corrected chi connectivity index (χ4v) is 4.85. The maximum absolute atomic E-state index is 14.6. The number of hydrogen-bond donors (Lipinski definition) is 2. The van der Waals surface area contributed by atoms with Crippen LogP contribution in [0.4, 0.5) is 8.78 Å². The van der Waals surface area contributed by atoms with E-state index in [-0.39, 0.29) is 15.5 Å². The van der Waals surface area contributed by atoms with Crippen LogP contribution in [-0.2, 0) is 21.4 Å². The number of nitrogens with two attached hydrogens (primary N) is 1. The van der Waals surface area contributed by atoms with Crippen molar-refractivity contribution in [3.63, 3.8) is 0 Å². The average molecular weight is 495 g/mol. The number of nitrogens with zero attached hydrogens (tertiary/aromatic N) is 1. The van der Waals surface area contributed by atoms with E-state index in [2.05, 4.69) is 0 Å². The third kappa shape index (κ3) is 5.36. The van der Waals surface area contributed by atoms with E-state index in [1.165, 1.54) is 48.5 Å². The first-order chi connectivity index (χ1) is 15.5. The largest absolute Gasteiger partial charge is 0.478 e. The highest BCUT2D eigenvalue weighted by atomic mass is 35.5. The van der Waals surface area contributed by atoms with E-state index in [4.69, 9.17) is 22.4 Å². The molecule has 0 heterocycles. The molecule has 172 valence electrons. The van der Waals surface area contributed by atoms with Gasteiger partial charge < -0.3 is 10.8 Å². The molecule has 3 aromatic rings. The van der Waals surface area contributed by atoms with E-state index in [9.17, 15) is 26.8 Å². The summed E-state index contributed by atoms with van der Waals surface area (Å²) in [6.07, 6.45) is 0. The summed E-state index contributed by atoms with van der Waals surface area (Å²) in [5, 5.41) is 9.33. The van der Waals surface area contributed by atoms with Crippen LogP contribution in [-0.4, -0.2) is 29.7 Å². The summed E-state index contributed by atoms with van der Waals surface area (Å²) in [4.78, 5) is 23.3. The van der Waals surface area contributed by atoms with Crippen LogP contribution in [0.1, 0.15) is 27.5 Å². The van der Waals surface area contributed by atoms with E-state index in [1.807, 2.05) is 0 Å². The third-order valence-electron chi connectivity index (χ3n) is 4.77. The highest BCUT2D eigenvalue weighted by Crippen LogP contribution is 2.32. The summed E-state index contributed by atoms with van der Waals surface area (Å²) in [7, 11) is -4.46. The fraction of sp³-hybridized carbons (Fsp3) is 0.0909. The highest BCUT2D eigenvalue weighted by molar-refractivity contribution is 7.89. The monoisotopic (exact) mass is 494 g/mol. The van der Waals surface area contributed by atoms with Gasteiger partial charge in [0.2, 0.25) is 15.9 Å². The van der Waals surface area contributed by atoms with Crippen molar-refractivity contribution >= 4 is 33.5 Å². The second kappa shape index (κ2) is 9.65. The summed E-state index contributed by atoms with van der Waals surface area (Å²) in [6.45, 7) is -0.463. The van der Waals surface area contributed by atoms with E-state index in [1.54, 1.807) is 0 Å². The highest BCUT2D eigenvalue weighted by Gasteiger charge is 2.37. The van der Waals surface area contributed by atoms with Gasteiger partial charge in [0, 0.05) is 23.2 Å². The van der Waals surface area contributed by atoms with Crippen LogP contribution in [0, 0.1) is 11.6 Å². The van der Waals surface area contributed by atoms with Gasteiger partial charge in [0.1, 0.15) is 17.7 Å². The van der Waals surface area contributed by atoms with Crippen molar-refractivity contribution in [2.24, 2.45) is 5.73 Å². The number of halogens is 3. The van der Waals surface area contributed by atoms with E-state index >= 15 is 0 Å². The summed E-state index contributed by atoms with van der Waals surface area (Å²) in [6, 6.07) is 10.8. The van der Waals surface area contributed by atoms with Gasteiger partial charge in [-0.15, -0.1) is 0 Å². The number of carbonyl (C=O) groups is 2. The molecule has 0 spiro atoms. The van der Waals surface area contributed by atoms with Gasteiger partial charge in [0.05, 0.1) is 10.5 Å². The van der Waals surface area contributed by atoms with Gasteiger partial charge in [-0.05, 0) is 48.0 Å². The van der Waals surface area contributed by atoms with Crippen LogP contribution >= 0.6 is 11.6 Å². The normalized spacial score (nSPS) is 12.5. The Morgan fingerprint density at radius 1 is 1.00 bits per heavy atom. The van der Waals surface area contributed by atoms with Crippen LogP contribution in [0.5, 0.6) is 0 Å². The van der Waals surface area contributed by atoms with Gasteiger partial charge in [-0.1, -0.05) is 29.8 Å². The number of amides is 1. The van der Waals surface area contributed by atoms with Crippen LogP contribution in [0.25, 0.3) is 0 Å². The minimum atomic E-state index is -4.46. The van der Waals surface area contributed by atoms with E-state index in [0.717, 1.165) is 12.1 Å². The predicted octanol–water partition coefficient (Wildman–Crippen LogP) is 3.73. The molecule has 0 fully saturated rings. The molecule has 0 aliphatic heterocycles. The summed E-state index contributed by atoms with van der Waals surface area (Å²) >= 11 is 5.84. The minimum absolute atomic E-state index is 0.0399. The van der Waals surface area contributed by atoms with Crippen molar-refractivity contribution in [3.8, 4) is 0 Å². The molecule has 0 saturated heterocycles. The molecule has 3 aromatic carbocycles. The first-order valence-electron chi connectivity index (χ1n) is 9.34. The molecule has 0 radical (unpaired) electrons. The summed E-state index contributed by atoms with van der Waals surface area (Å²) < 4.78 is 55.7. The van der Waals surface area contributed by atoms with Crippen LogP contribution in [0.3, 0.4) is 0 Å². The number of aromatic carboxylic acids is 1. The zero-order valence-electron chi connectivity index (χ0n) is 16.8. The van der Waals surface area contributed by atoms with E-state index < -0.39 is 51.7 Å². The Kier molecular flexibility index (Phi) is 7.11. The molecule has 0 aliphatic carbocycles. The Hall–Kier alpha value is -3.34. The molecule has 7 nitrogen and oxygen atoms in total. The zero-order chi connectivity index (χ0) is 24.3. The molecule has 0 aromatic heterocycles. The lowest BCUT2D eigenvalue weighted by Gasteiger charge is -2.29. The second-order valence-electron chi connectivity index (χ2n) is 6.98. The summed E-state index contributed by atoms with van der Waals surface area (Å²) in [5.74, 6) is -4.46. The number of rotatable bonds is 8. The number of carboxylic acid groups (broad SMARTS) is 1. The number of hydrogen-bond acceptors (Lipinski definition) is 4. The average Bonchev–Trinajstić information content (AvgIpc) is 2.75. The van der Waals surface area contributed by atoms with Crippen molar-refractivity contribution in [2.75, 3.05) is 0 Å². The quantitative estimate of drug-likeness (QED) is 0.494. The van der Waals surface area contributed by atoms with Crippen LogP contribution in [0.2, 0.25) is 5.02 Å². The molecule has 1 atom stereocenters. The van der Waals surface area contributed by atoms with Crippen molar-refractivity contribution < 1.29 is 31.9 Å². The molecule has 1 amide bonds. The number of carboxylic acids is 1. The summed E-state index contributed by atoms with van der Waals surface area (Å²) in [5.41, 5.74) is 5.31. The predicted molar refractivity (Wildman–Crippen MR) is 116 cm³/mol. The molecule has 0 saturated carbocycles. The lowest BCUT2D eigenvalue weighted by molar-refractivity contribution is -0.122. The molecule has 33 heavy (non-hydrogen) atoms. The topological polar surface area (TPSA) is 118 Å². The molecule has 0 bridgehead atoms. The van der Waals surface area contributed by atoms with Gasteiger partial charge in [-0.3, -0.25) is 4.79 Å². The third-order valence-corrected chi connectivity index (χ3v) is 6.85. The standard InChI is InChI=1S/C22H17ClF2N2O5S/c23-15-5-8-17(9-6-15)33(31,32)27(12-13-1-3-14(4-2-13)22(29)30)20(21(26)28)18-10-7-16(24)11-19(18)25/h1-11,20H,12H2,(H2,26,28)(H,29,30). The maximum Gasteiger partial charge on any atom is 0.335 e. The Bertz CT molecular complexity index is 1300. The maximum atomic E-state index is 14.6. The molecule has 0 aliphatic rings. The lowest BCUT2D eigenvalue weighted by Crippen LogP contribution is -2.41. The van der Waals surface area contributed by atoms with Gasteiger partial charge >= 0.3 is 5.97 Å². The van der Waals surface area contributed by atoms with Crippen molar-refractivity contribution in [3.05, 3.63) is 100 Å².